The first-order valence-corrected chi connectivity index (χ1v) is 24.8. The van der Waals surface area contributed by atoms with Gasteiger partial charge >= 0.3 is 41.5 Å². The molecule has 404 valence electrons. The predicted octanol–water partition coefficient (Wildman–Crippen LogP) is 5.60. The SMILES string of the molecule is CO.COc1cc(C)c(-c2cnn(C3CC3)c2)cc1C(=O)Nc1cccc(-c2nnnn2C(C)C)n1.COc1cc(C)c(-c2cnn(C3CC3)c2)cc1C(=O)O.C[O-].Cc1cc(F)c(C(=O)O)cc1-c1cnn(C2CC2)c1.[Na+]. The molecule has 0 unspecified atom stereocenters. The molecule has 0 aliphatic heterocycles. The van der Waals surface area contributed by atoms with Crippen LogP contribution in [0.15, 0.2) is 91.8 Å². The maximum Gasteiger partial charge on any atom is 1.00 e. The third-order valence-corrected chi connectivity index (χ3v) is 12.8. The number of tetrazole rings is 1. The second kappa shape index (κ2) is 26.6. The molecule has 4 N–H and O–H groups in total. The Balaban J connectivity index is 0.000000193. The van der Waals surface area contributed by atoms with Crippen LogP contribution in [0.3, 0.4) is 0 Å². The molecule has 0 atom stereocenters. The van der Waals surface area contributed by atoms with E-state index in [9.17, 15) is 23.9 Å². The van der Waals surface area contributed by atoms with Crippen LogP contribution in [0.1, 0.15) is 124 Å². The van der Waals surface area contributed by atoms with Gasteiger partial charge in [-0.15, -0.1) is 5.10 Å². The number of rotatable bonds is 14. The van der Waals surface area contributed by atoms with Gasteiger partial charge in [-0.2, -0.15) is 22.4 Å². The maximum atomic E-state index is 13.5. The minimum Gasteiger partial charge on any atom is -0.857 e. The standard InChI is InChI=1S/C24H26N8O2.C15H16N2O3.C14H13FN2O2.CH4O.CH3O.Na/c1-14(2)32-23(28-29-30-32)20-6-5-7-22(26-20)27-24(33)19-11-18(15(3)10-21(19)34-4)16-12-25-31(13-16)17-8-9-17;1-9-5-14(20-2)13(15(18)19)6-12(9)10-7-16-17(8-10)11-3-4-11;1-8-4-13(15)12(14(18)19)5-11(8)9-6-16-17(7-9)10-2-3-10;2*1-2;/h5-7,10-14,17H,8-9H2,1-4H3,(H,26,27,33);5-8,11H,3-4H2,1-2H3,(H,18,19);4-7,10H,2-3H2,1H3,(H,18,19);2H,1H3;1H3;/q;;;;-1;+1. The number of hydrogen-bond donors (Lipinski definition) is 4. The molecule has 11 rings (SSSR count). The number of carbonyl (C=O) groups excluding carboxylic acids is 1. The summed E-state index contributed by atoms with van der Waals surface area (Å²) >= 11 is 0. The van der Waals surface area contributed by atoms with Crippen LogP contribution in [0.25, 0.3) is 44.9 Å². The number of aromatic carboxylic acids is 2. The summed E-state index contributed by atoms with van der Waals surface area (Å²) in [6.45, 7) is 9.68. The van der Waals surface area contributed by atoms with Crippen LogP contribution < -0.4 is 49.5 Å². The second-order valence-electron chi connectivity index (χ2n) is 18.7. The molecule has 1 amide bonds. The zero-order valence-electron chi connectivity index (χ0n) is 45.3. The fourth-order valence-corrected chi connectivity index (χ4v) is 8.39. The summed E-state index contributed by atoms with van der Waals surface area (Å²) < 4.78 is 31.7. The molecular weight excluding hydrogens is 1010 g/mol. The molecule has 3 saturated carbocycles. The first kappa shape index (κ1) is 59.6. The first-order valence-electron chi connectivity index (χ1n) is 24.8. The number of nitrogens with one attached hydrogen (secondary N) is 1. The number of carbonyl (C=O) groups is 3. The second-order valence-corrected chi connectivity index (χ2v) is 18.7. The number of methoxy groups -OCH3 is 2. The third-order valence-electron chi connectivity index (χ3n) is 12.8. The summed E-state index contributed by atoms with van der Waals surface area (Å²) in [4.78, 5) is 40.1. The Kier molecular flexibility index (Phi) is 20.3. The van der Waals surface area contributed by atoms with E-state index in [1.807, 2.05) is 84.7 Å². The number of aromatic nitrogens is 11. The number of nitrogens with zero attached hydrogens (tertiary/aromatic N) is 11. The molecule has 0 saturated heterocycles. The van der Waals surface area contributed by atoms with Crippen LogP contribution in [0.4, 0.5) is 10.2 Å². The largest absolute Gasteiger partial charge is 1.00 e. The van der Waals surface area contributed by atoms with Gasteiger partial charge in [0.15, 0.2) is 0 Å². The van der Waals surface area contributed by atoms with Crippen molar-refractivity contribution in [2.75, 3.05) is 33.8 Å². The van der Waals surface area contributed by atoms with Crippen molar-refractivity contribution in [2.24, 2.45) is 0 Å². The number of pyridine rings is 1. The zero-order valence-corrected chi connectivity index (χ0v) is 47.3. The molecule has 3 aliphatic rings. The van der Waals surface area contributed by atoms with Crippen LogP contribution >= 0.6 is 0 Å². The number of anilines is 1. The van der Waals surface area contributed by atoms with Crippen LogP contribution in [0.5, 0.6) is 11.5 Å². The number of halogens is 1. The first-order chi connectivity index (χ1) is 37.1. The molecule has 8 aromatic rings. The number of carboxylic acids is 2. The predicted molar refractivity (Wildman–Crippen MR) is 282 cm³/mol. The minimum absolute atomic E-state index is 0. The molecule has 3 fully saturated rings. The number of aryl methyl sites for hydroxylation is 3. The van der Waals surface area contributed by atoms with Crippen molar-refractivity contribution in [1.82, 2.24) is 54.5 Å². The number of aliphatic hydroxyl groups is 1. The van der Waals surface area contributed by atoms with Crippen molar-refractivity contribution in [3.8, 4) is 56.4 Å². The summed E-state index contributed by atoms with van der Waals surface area (Å²) in [6, 6.07) is 16.7. The average molecular weight is 1080 g/mol. The molecule has 3 aromatic carbocycles. The van der Waals surface area contributed by atoms with E-state index in [-0.39, 0.29) is 52.6 Å². The number of ether oxygens (including phenoxy) is 2. The smallest absolute Gasteiger partial charge is 0.857 e. The van der Waals surface area contributed by atoms with E-state index in [4.69, 9.17) is 24.8 Å². The molecular formula is C55H62FN12NaO9. The van der Waals surface area contributed by atoms with Gasteiger partial charge in [-0.1, -0.05) is 6.07 Å². The molecule has 5 heterocycles. The summed E-state index contributed by atoms with van der Waals surface area (Å²) in [6.07, 6.45) is 18.2. The van der Waals surface area contributed by atoms with Crippen molar-refractivity contribution in [3.63, 3.8) is 0 Å². The van der Waals surface area contributed by atoms with Crippen LogP contribution in [0, 0.1) is 26.6 Å². The van der Waals surface area contributed by atoms with Crippen molar-refractivity contribution in [3.05, 3.63) is 131 Å². The number of hydrogen-bond acceptors (Lipinski definition) is 14. The Hall–Kier alpha value is -7.63. The van der Waals surface area contributed by atoms with E-state index in [0.717, 1.165) is 78.8 Å². The minimum atomic E-state index is -1.26. The van der Waals surface area contributed by atoms with Gasteiger partial charge in [-0.05, 0) is 165 Å². The Bertz CT molecular complexity index is 3380. The summed E-state index contributed by atoms with van der Waals surface area (Å²) in [7, 11) is 4.78. The molecule has 3 aliphatic carbocycles. The molecule has 23 heteroatoms. The molecule has 21 nitrogen and oxygen atoms in total. The number of amides is 1. The van der Waals surface area contributed by atoms with Crippen molar-refractivity contribution in [2.45, 2.75) is 97.3 Å². The van der Waals surface area contributed by atoms with Crippen molar-refractivity contribution < 1.29 is 78.2 Å². The Morgan fingerprint density at radius 3 is 1.51 bits per heavy atom. The van der Waals surface area contributed by atoms with E-state index in [2.05, 4.69) is 41.1 Å². The van der Waals surface area contributed by atoms with E-state index in [1.165, 1.54) is 32.1 Å². The van der Waals surface area contributed by atoms with Crippen LogP contribution in [-0.2, 0) is 0 Å². The number of carboxylic acid groups (broad SMARTS) is 2. The molecule has 5 aromatic heterocycles. The molecule has 0 spiro atoms. The fraction of sp³-hybridized carbons (Fsp3) is 0.345. The Morgan fingerprint density at radius 2 is 1.09 bits per heavy atom. The van der Waals surface area contributed by atoms with Crippen molar-refractivity contribution in [1.29, 1.82) is 0 Å². The monoisotopic (exact) mass is 1080 g/mol. The topological polar surface area (TPSA) is 275 Å². The van der Waals surface area contributed by atoms with Gasteiger partial charge in [-0.25, -0.2) is 23.6 Å². The molecule has 78 heavy (non-hydrogen) atoms. The summed E-state index contributed by atoms with van der Waals surface area (Å²) in [5.74, 6) is -1.46. The van der Waals surface area contributed by atoms with Gasteiger partial charge in [0, 0.05) is 42.4 Å². The number of aliphatic hydroxyl groups excluding tert-OH is 1. The normalized spacial score (nSPS) is 13.2. The zero-order chi connectivity index (χ0) is 55.7. The fourth-order valence-electron chi connectivity index (χ4n) is 8.39. The van der Waals surface area contributed by atoms with Gasteiger partial charge < -0.3 is 35.2 Å². The Labute approximate surface area is 472 Å². The van der Waals surface area contributed by atoms with Gasteiger partial charge in [0.1, 0.15) is 34.4 Å². The van der Waals surface area contributed by atoms with Crippen LogP contribution in [0.2, 0.25) is 0 Å². The van der Waals surface area contributed by atoms with Crippen LogP contribution in [-0.4, -0.2) is 116 Å². The van der Waals surface area contributed by atoms with Gasteiger partial charge in [0.05, 0.1) is 68.1 Å². The average Bonchev–Trinajstić information content (AvgIpc) is 4.41. The van der Waals surface area contributed by atoms with E-state index in [1.54, 1.807) is 55.4 Å². The molecule has 0 bridgehead atoms. The van der Waals surface area contributed by atoms with Crippen molar-refractivity contribution >= 4 is 23.7 Å². The summed E-state index contributed by atoms with van der Waals surface area (Å²) in [5, 5.41) is 61.3. The summed E-state index contributed by atoms with van der Waals surface area (Å²) in [5.41, 5.74) is 8.82. The van der Waals surface area contributed by atoms with Gasteiger partial charge in [-0.3, -0.25) is 18.8 Å². The van der Waals surface area contributed by atoms with E-state index < -0.39 is 17.8 Å². The third kappa shape index (κ3) is 14.1. The quantitative estimate of drug-likeness (QED) is 0.0964. The van der Waals surface area contributed by atoms with Gasteiger partial charge in [0.25, 0.3) is 5.91 Å². The van der Waals surface area contributed by atoms with Gasteiger partial charge in [0.2, 0.25) is 5.82 Å². The van der Waals surface area contributed by atoms with E-state index >= 15 is 0 Å². The number of benzene rings is 3. The van der Waals surface area contributed by atoms with E-state index in [0.29, 0.717) is 63.7 Å². The molecule has 0 radical (unpaired) electrons. The Morgan fingerprint density at radius 1 is 0.667 bits per heavy atom. The maximum absolute atomic E-state index is 13.5.